The van der Waals surface area contributed by atoms with Crippen LogP contribution in [0.15, 0.2) is 6.20 Å². The maximum absolute atomic E-state index is 3.29. The summed E-state index contributed by atoms with van der Waals surface area (Å²) in [7, 11) is 0. The standard InChI is InChI=1S/C2H2N3.Fe/c1-2-4-5-3-1;/h1H,(H,3,4,5);/q-1;. The second-order valence-corrected chi connectivity index (χ2v) is 0.603. The molecule has 34 valence electrons. The smallest absolute Gasteiger partial charge is 0 e. The Bertz CT molecular complexity index is 65.3. The van der Waals surface area contributed by atoms with Crippen LogP contribution < -0.4 is 0 Å². The van der Waals surface area contributed by atoms with Crippen LogP contribution in [-0.2, 0) is 17.1 Å². The Morgan fingerprint density at radius 1 is 1.67 bits per heavy atom. The molecule has 1 heterocycles. The van der Waals surface area contributed by atoms with E-state index in [1.807, 2.05) is 0 Å². The van der Waals surface area contributed by atoms with Crippen LogP contribution in [0, 0.1) is 6.20 Å². The average molecular weight is 124 g/mol. The van der Waals surface area contributed by atoms with Crippen molar-refractivity contribution in [2.45, 2.75) is 0 Å². The van der Waals surface area contributed by atoms with Crippen molar-refractivity contribution in [1.82, 2.24) is 15.4 Å². The molecule has 0 atom stereocenters. The zero-order valence-electron chi connectivity index (χ0n) is 2.83. The molecule has 0 spiro atoms. The second kappa shape index (κ2) is 2.87. The summed E-state index contributed by atoms with van der Waals surface area (Å²) in [6.45, 7) is 0. The number of nitrogens with one attached hydrogen (secondary N) is 1. The number of H-pyrrole nitrogens is 1. The molecule has 1 aromatic heterocycles. The third-order valence-corrected chi connectivity index (χ3v) is 0.295. The van der Waals surface area contributed by atoms with Gasteiger partial charge in [-0.25, -0.2) is 0 Å². The normalized spacial score (nSPS) is 6.67. The summed E-state index contributed by atoms with van der Waals surface area (Å²) in [6, 6.07) is 0. The molecule has 4 heteroatoms. The molecule has 0 aliphatic heterocycles. The molecule has 0 aliphatic rings. The van der Waals surface area contributed by atoms with Gasteiger partial charge in [-0.2, -0.15) is 0 Å². The fourth-order valence-electron chi connectivity index (χ4n) is 0.144. The van der Waals surface area contributed by atoms with E-state index < -0.39 is 0 Å². The maximum Gasteiger partial charge on any atom is 0 e. The molecule has 0 saturated carbocycles. The van der Waals surface area contributed by atoms with Crippen LogP contribution in [0.4, 0.5) is 0 Å². The summed E-state index contributed by atoms with van der Waals surface area (Å²) >= 11 is 0. The minimum atomic E-state index is 0. The van der Waals surface area contributed by atoms with Crippen molar-refractivity contribution in [3.8, 4) is 0 Å². The summed E-state index contributed by atoms with van der Waals surface area (Å²) in [4.78, 5) is 0. The Hall–Kier alpha value is -0.341. The Kier molecular flexibility index (Phi) is 2.71. The summed E-state index contributed by atoms with van der Waals surface area (Å²) in [5, 5.41) is 9.03. The van der Waals surface area contributed by atoms with Gasteiger partial charge in [-0.1, -0.05) is 0 Å². The minimum Gasteiger partial charge on any atom is -0.352 e. The van der Waals surface area contributed by atoms with Gasteiger partial charge in [0.2, 0.25) is 0 Å². The Morgan fingerprint density at radius 3 is 2.67 bits per heavy atom. The van der Waals surface area contributed by atoms with Crippen molar-refractivity contribution < 1.29 is 17.1 Å². The molecule has 0 amide bonds. The zero-order valence-corrected chi connectivity index (χ0v) is 3.93. The molecule has 0 fully saturated rings. The first kappa shape index (κ1) is 5.66. The van der Waals surface area contributed by atoms with Crippen molar-refractivity contribution in [3.05, 3.63) is 12.4 Å². The van der Waals surface area contributed by atoms with Crippen molar-refractivity contribution in [2.75, 3.05) is 0 Å². The van der Waals surface area contributed by atoms with E-state index in [4.69, 9.17) is 0 Å². The fraction of sp³-hybridized carbons (Fsp3) is 0. The van der Waals surface area contributed by atoms with Gasteiger partial charge in [-0.05, 0) is 0 Å². The Labute approximate surface area is 45.6 Å². The first-order valence-electron chi connectivity index (χ1n) is 1.22. The number of aromatic nitrogens is 3. The molecule has 1 N–H and O–H groups in total. The summed E-state index contributed by atoms with van der Waals surface area (Å²) in [5.74, 6) is 0. The van der Waals surface area contributed by atoms with Gasteiger partial charge >= 0.3 is 0 Å². The summed E-state index contributed by atoms with van der Waals surface area (Å²) in [6.07, 6.45) is 3.97. The van der Waals surface area contributed by atoms with E-state index in [1.54, 1.807) is 0 Å². The Morgan fingerprint density at radius 2 is 2.50 bits per heavy atom. The zero-order chi connectivity index (χ0) is 3.54. The molecule has 0 aromatic carbocycles. The molecule has 6 heavy (non-hydrogen) atoms. The first-order chi connectivity index (χ1) is 2.50. The molecule has 0 unspecified atom stereocenters. The minimum absolute atomic E-state index is 0. The van der Waals surface area contributed by atoms with Gasteiger partial charge in [0.15, 0.2) is 0 Å². The van der Waals surface area contributed by atoms with Gasteiger partial charge in [0.05, 0.1) is 0 Å². The average Bonchev–Trinajstić information content (AvgIpc) is 1.76. The van der Waals surface area contributed by atoms with Crippen LogP contribution in [0.5, 0.6) is 0 Å². The second-order valence-electron chi connectivity index (χ2n) is 0.603. The third-order valence-electron chi connectivity index (χ3n) is 0.295. The first-order valence-corrected chi connectivity index (χ1v) is 1.22. The molecule has 0 radical (unpaired) electrons. The van der Waals surface area contributed by atoms with Gasteiger partial charge in [-0.3, -0.25) is 0 Å². The van der Waals surface area contributed by atoms with Gasteiger partial charge < -0.3 is 16.4 Å². The van der Waals surface area contributed by atoms with E-state index in [0.29, 0.717) is 0 Å². The molecule has 1 rings (SSSR count). The van der Waals surface area contributed by atoms with Crippen LogP contribution in [0.25, 0.3) is 0 Å². The number of hydrogen-bond acceptors (Lipinski definition) is 2. The van der Waals surface area contributed by atoms with Crippen molar-refractivity contribution in [3.63, 3.8) is 0 Å². The van der Waals surface area contributed by atoms with Gasteiger partial charge in [0.1, 0.15) is 0 Å². The molecule has 0 bridgehead atoms. The summed E-state index contributed by atoms with van der Waals surface area (Å²) < 4.78 is 0. The molecular formula is C2H2FeN3-. The molecule has 1 aromatic rings. The van der Waals surface area contributed by atoms with E-state index >= 15 is 0 Å². The van der Waals surface area contributed by atoms with Crippen molar-refractivity contribution in [1.29, 1.82) is 0 Å². The number of rotatable bonds is 0. The van der Waals surface area contributed by atoms with E-state index in [2.05, 4.69) is 21.6 Å². The number of nitrogens with zero attached hydrogens (tertiary/aromatic N) is 2. The predicted molar refractivity (Wildman–Crippen MR) is 15.2 cm³/mol. The quantitative estimate of drug-likeness (QED) is 0.377. The van der Waals surface area contributed by atoms with Crippen LogP contribution in [-0.4, -0.2) is 15.4 Å². The maximum atomic E-state index is 3.29. The van der Waals surface area contributed by atoms with Crippen molar-refractivity contribution in [2.24, 2.45) is 0 Å². The van der Waals surface area contributed by atoms with Gasteiger partial charge in [0.25, 0.3) is 0 Å². The largest absolute Gasteiger partial charge is 0.352 e. The summed E-state index contributed by atoms with van der Waals surface area (Å²) in [5.41, 5.74) is 0. The van der Waals surface area contributed by atoms with Gasteiger partial charge in [0, 0.05) is 17.1 Å². The molecular weight excluding hydrogens is 122 g/mol. The van der Waals surface area contributed by atoms with Gasteiger partial charge in [-0.15, -0.1) is 11.4 Å². The predicted octanol–water partition coefficient (Wildman–Crippen LogP) is -0.398. The SMILES string of the molecule is [Fe].[c-]1c[nH]nn1. The fourth-order valence-corrected chi connectivity index (χ4v) is 0.144. The topological polar surface area (TPSA) is 41.6 Å². The van der Waals surface area contributed by atoms with Crippen LogP contribution in [0.3, 0.4) is 0 Å². The number of hydrogen-bond donors (Lipinski definition) is 1. The van der Waals surface area contributed by atoms with Crippen molar-refractivity contribution >= 4 is 0 Å². The molecule has 0 saturated heterocycles. The molecule has 3 nitrogen and oxygen atoms in total. The van der Waals surface area contributed by atoms with Crippen LogP contribution in [0.1, 0.15) is 0 Å². The van der Waals surface area contributed by atoms with E-state index in [0.717, 1.165) is 0 Å². The van der Waals surface area contributed by atoms with E-state index in [9.17, 15) is 0 Å². The number of aromatic amines is 1. The van der Waals surface area contributed by atoms with E-state index in [-0.39, 0.29) is 17.1 Å². The van der Waals surface area contributed by atoms with E-state index in [1.165, 1.54) is 6.20 Å². The van der Waals surface area contributed by atoms with Crippen LogP contribution >= 0.6 is 0 Å². The monoisotopic (exact) mass is 124 g/mol. The third kappa shape index (κ3) is 1.19. The Balaban J connectivity index is 0.000000250. The molecule has 0 aliphatic carbocycles. The van der Waals surface area contributed by atoms with Crippen LogP contribution in [0.2, 0.25) is 0 Å².